The molecular weight excluding hydrogens is 427 g/mol. The molecule has 2 unspecified atom stereocenters. The average molecular weight is 462 g/mol. The van der Waals surface area contributed by atoms with E-state index in [9.17, 15) is 13.2 Å². The first-order valence-electron chi connectivity index (χ1n) is 12.2. The van der Waals surface area contributed by atoms with Crippen LogP contribution in [0.2, 0.25) is 0 Å². The van der Waals surface area contributed by atoms with Gasteiger partial charge in [0.25, 0.3) is 0 Å². The molecule has 1 aliphatic heterocycles. The van der Waals surface area contributed by atoms with E-state index in [0.717, 1.165) is 38.4 Å². The number of rotatable bonds is 5. The lowest BCUT2D eigenvalue weighted by molar-refractivity contribution is -0.138. The lowest BCUT2D eigenvalue weighted by Crippen LogP contribution is -2.48. The second kappa shape index (κ2) is 8.38. The molecule has 3 aliphatic rings. The predicted octanol–water partition coefficient (Wildman–Crippen LogP) is 4.67. The van der Waals surface area contributed by atoms with Crippen LogP contribution in [-0.2, 0) is 12.6 Å². The van der Waals surface area contributed by atoms with E-state index in [1.165, 1.54) is 32.0 Å². The van der Waals surface area contributed by atoms with Crippen LogP contribution in [0.5, 0.6) is 0 Å². The lowest BCUT2D eigenvalue weighted by Gasteiger charge is -2.37. The molecule has 2 aromatic heterocycles. The third-order valence-corrected chi connectivity index (χ3v) is 7.84. The van der Waals surface area contributed by atoms with Gasteiger partial charge in [0.05, 0.1) is 11.3 Å². The molecule has 0 bridgehead atoms. The van der Waals surface area contributed by atoms with Gasteiger partial charge in [-0.05, 0) is 50.6 Å². The van der Waals surface area contributed by atoms with Crippen LogP contribution < -0.4 is 0 Å². The highest BCUT2D eigenvalue weighted by molar-refractivity contribution is 5.59. The maximum Gasteiger partial charge on any atom is 0.418 e. The first-order chi connectivity index (χ1) is 15.6. The molecule has 0 spiro atoms. The van der Waals surface area contributed by atoms with E-state index < -0.39 is 11.7 Å². The van der Waals surface area contributed by atoms with Crippen LogP contribution in [-0.4, -0.2) is 63.6 Å². The van der Waals surface area contributed by atoms with Crippen LogP contribution in [0.25, 0.3) is 11.3 Å². The predicted molar refractivity (Wildman–Crippen MR) is 122 cm³/mol. The van der Waals surface area contributed by atoms with Gasteiger partial charge in [-0.1, -0.05) is 13.8 Å². The Morgan fingerprint density at radius 3 is 2.36 bits per heavy atom. The number of imidazole rings is 1. The van der Waals surface area contributed by atoms with E-state index in [-0.39, 0.29) is 5.69 Å². The zero-order chi connectivity index (χ0) is 23.5. The number of aryl methyl sites for hydroxylation is 1. The topological polar surface area (TPSA) is 37.2 Å². The number of pyridine rings is 1. The number of piperazine rings is 1. The molecule has 1 saturated heterocycles. The van der Waals surface area contributed by atoms with Crippen LogP contribution in [0.4, 0.5) is 13.2 Å². The van der Waals surface area contributed by atoms with Crippen LogP contribution >= 0.6 is 0 Å². The highest BCUT2D eigenvalue weighted by atomic mass is 19.4. The van der Waals surface area contributed by atoms with Gasteiger partial charge in [-0.25, -0.2) is 4.98 Å². The Kier molecular flexibility index (Phi) is 5.80. The quantitative estimate of drug-likeness (QED) is 0.649. The van der Waals surface area contributed by atoms with Gasteiger partial charge in [0.2, 0.25) is 0 Å². The van der Waals surface area contributed by atoms with Crippen molar-refractivity contribution in [2.45, 2.75) is 58.3 Å². The maximum atomic E-state index is 13.4. The summed E-state index contributed by atoms with van der Waals surface area (Å²) in [5.41, 5.74) is 0.361. The third kappa shape index (κ3) is 4.44. The number of aromatic nitrogens is 3. The molecule has 180 valence electrons. The Balaban J connectivity index is 1.37. The molecule has 8 heteroatoms. The summed E-state index contributed by atoms with van der Waals surface area (Å²) in [6, 6.07) is 2.31. The fraction of sp³-hybridized carbons (Fsp3) is 0.680. The summed E-state index contributed by atoms with van der Waals surface area (Å²) in [5.74, 6) is 2.73. The number of hydrogen-bond donors (Lipinski definition) is 0. The highest BCUT2D eigenvalue weighted by Gasteiger charge is 2.58. The summed E-state index contributed by atoms with van der Waals surface area (Å²) in [4.78, 5) is 13.9. The van der Waals surface area contributed by atoms with E-state index in [1.54, 1.807) is 0 Å². The molecule has 5 nitrogen and oxygen atoms in total. The summed E-state index contributed by atoms with van der Waals surface area (Å²) in [6.45, 7) is 10.3. The van der Waals surface area contributed by atoms with Gasteiger partial charge in [0.1, 0.15) is 5.82 Å². The lowest BCUT2D eigenvalue weighted by atomic mass is 10.1. The SMILES string of the molecule is Cc1ncc(-c2cn(C3[C@H]4CC(N5CCN(C)CC5)C[C@@H]34)c(CC(C)C)n2)cc1C(F)(F)F. The summed E-state index contributed by atoms with van der Waals surface area (Å²) in [7, 11) is 2.19. The normalized spacial score (nSPS) is 28.5. The van der Waals surface area contributed by atoms with Gasteiger partial charge in [0, 0.05) is 68.3 Å². The standard InChI is InChI=1S/C25H34F3N5/c1-15(2)9-23-30-22(17-10-21(25(26,27)28)16(3)29-13-17)14-33(23)24-19-11-18(12-20(19)24)32-7-5-31(4)6-8-32/h10,13-15,18-20,24H,5-9,11-12H2,1-4H3/t18?,19-,20+,24?. The zero-order valence-electron chi connectivity index (χ0n) is 19.9. The summed E-state index contributed by atoms with van der Waals surface area (Å²) >= 11 is 0. The summed E-state index contributed by atoms with van der Waals surface area (Å²) in [6.07, 6.45) is 2.35. The van der Waals surface area contributed by atoms with Crippen LogP contribution in [0.1, 0.15) is 49.8 Å². The first-order valence-corrected chi connectivity index (χ1v) is 12.2. The maximum absolute atomic E-state index is 13.4. The fourth-order valence-electron chi connectivity index (χ4n) is 5.98. The summed E-state index contributed by atoms with van der Waals surface area (Å²) < 4.78 is 42.6. The first kappa shape index (κ1) is 22.8. The van der Waals surface area contributed by atoms with Crippen molar-refractivity contribution in [1.82, 2.24) is 24.3 Å². The highest BCUT2D eigenvalue weighted by Crippen LogP contribution is 2.62. The van der Waals surface area contributed by atoms with Crippen LogP contribution in [0.15, 0.2) is 18.5 Å². The number of hydrogen-bond acceptors (Lipinski definition) is 4. The molecule has 2 aliphatic carbocycles. The van der Waals surface area contributed by atoms with E-state index in [4.69, 9.17) is 4.98 Å². The molecule has 3 heterocycles. The molecule has 0 amide bonds. The van der Waals surface area contributed by atoms with Gasteiger partial charge in [-0.3, -0.25) is 9.88 Å². The van der Waals surface area contributed by atoms with Crippen molar-refractivity contribution in [3.8, 4) is 11.3 Å². The van der Waals surface area contributed by atoms with E-state index in [2.05, 4.69) is 40.2 Å². The Morgan fingerprint density at radius 1 is 1.09 bits per heavy atom. The Morgan fingerprint density at radius 2 is 1.76 bits per heavy atom. The van der Waals surface area contributed by atoms with Gasteiger partial charge in [0.15, 0.2) is 0 Å². The Hall–Kier alpha value is -1.93. The Bertz CT molecular complexity index is 994. The van der Waals surface area contributed by atoms with Crippen molar-refractivity contribution in [2.24, 2.45) is 17.8 Å². The van der Waals surface area contributed by atoms with Gasteiger partial charge in [-0.15, -0.1) is 0 Å². The van der Waals surface area contributed by atoms with Gasteiger partial charge in [-0.2, -0.15) is 13.2 Å². The van der Waals surface area contributed by atoms with Gasteiger partial charge >= 0.3 is 6.18 Å². The minimum atomic E-state index is -4.41. The second-order valence-electron chi connectivity index (χ2n) is 10.7. The molecule has 0 radical (unpaired) electrons. The molecule has 0 aromatic carbocycles. The minimum absolute atomic E-state index is 0.000222. The third-order valence-electron chi connectivity index (χ3n) is 7.84. The molecule has 2 aromatic rings. The van der Waals surface area contributed by atoms with Crippen LogP contribution in [0, 0.1) is 24.7 Å². The number of fused-ring (bicyclic) bond motifs is 1. The number of alkyl halides is 3. The Labute approximate surface area is 194 Å². The molecule has 0 N–H and O–H groups in total. The molecular formula is C25H34F3N5. The molecule has 3 fully saturated rings. The zero-order valence-corrected chi connectivity index (χ0v) is 19.9. The summed E-state index contributed by atoms with van der Waals surface area (Å²) in [5, 5.41) is 0. The fourth-order valence-corrected chi connectivity index (χ4v) is 5.98. The van der Waals surface area contributed by atoms with Crippen LogP contribution in [0.3, 0.4) is 0 Å². The molecule has 5 rings (SSSR count). The molecule has 33 heavy (non-hydrogen) atoms. The van der Waals surface area contributed by atoms with Crippen molar-refractivity contribution in [3.63, 3.8) is 0 Å². The van der Waals surface area contributed by atoms with Crippen molar-refractivity contribution in [3.05, 3.63) is 35.5 Å². The van der Waals surface area contributed by atoms with E-state index in [1.807, 2.05) is 6.20 Å². The monoisotopic (exact) mass is 461 g/mol. The largest absolute Gasteiger partial charge is 0.418 e. The minimum Gasteiger partial charge on any atom is -0.331 e. The van der Waals surface area contributed by atoms with Crippen molar-refractivity contribution >= 4 is 0 Å². The van der Waals surface area contributed by atoms with Crippen molar-refractivity contribution in [2.75, 3.05) is 33.2 Å². The smallest absolute Gasteiger partial charge is 0.331 e. The van der Waals surface area contributed by atoms with E-state index >= 15 is 0 Å². The number of likely N-dealkylation sites (N-methyl/N-ethyl adjacent to an activating group) is 1. The number of halogens is 3. The van der Waals surface area contributed by atoms with E-state index in [0.29, 0.717) is 41.1 Å². The van der Waals surface area contributed by atoms with Gasteiger partial charge < -0.3 is 9.47 Å². The second-order valence-corrected chi connectivity index (χ2v) is 10.7. The average Bonchev–Trinajstić information content (AvgIpc) is 3.07. The van der Waals surface area contributed by atoms with Crippen molar-refractivity contribution < 1.29 is 13.2 Å². The molecule has 2 saturated carbocycles. The number of nitrogens with zero attached hydrogens (tertiary/aromatic N) is 5. The molecule has 4 atom stereocenters. The van der Waals surface area contributed by atoms with Crippen molar-refractivity contribution in [1.29, 1.82) is 0 Å².